The van der Waals surface area contributed by atoms with Gasteiger partial charge in [0, 0.05) is 43.0 Å². The Morgan fingerprint density at radius 2 is 1.76 bits per heavy atom. The smallest absolute Gasteiger partial charge is 0.251 e. The molecule has 0 spiro atoms. The number of carbonyl (C=O) groups excluding carboxylic acids is 2. The van der Waals surface area contributed by atoms with Crippen molar-refractivity contribution in [2.24, 2.45) is 0 Å². The Morgan fingerprint density at radius 3 is 2.42 bits per heavy atom. The van der Waals surface area contributed by atoms with E-state index < -0.39 is 15.9 Å². The van der Waals surface area contributed by atoms with Crippen LogP contribution >= 0.6 is 0 Å². The Balaban J connectivity index is 1.21. The van der Waals surface area contributed by atoms with Gasteiger partial charge < -0.3 is 15.5 Å². The molecule has 0 radical (unpaired) electrons. The second-order valence-electron chi connectivity index (χ2n) is 10.1. The number of benzene rings is 2. The maximum Gasteiger partial charge on any atom is 0.251 e. The molecule has 2 aromatic carbocycles. The van der Waals surface area contributed by atoms with Crippen LogP contribution in [-0.4, -0.2) is 78.1 Å². The van der Waals surface area contributed by atoms with E-state index in [0.717, 1.165) is 12.1 Å². The molecule has 2 fully saturated rings. The lowest BCUT2D eigenvalue weighted by atomic mass is 10.1. The number of aryl methyl sites for hydroxylation is 1. The van der Waals surface area contributed by atoms with E-state index in [1.807, 2.05) is 12.3 Å². The van der Waals surface area contributed by atoms with E-state index in [2.05, 4.69) is 46.9 Å². The minimum atomic E-state index is -3.12. The summed E-state index contributed by atoms with van der Waals surface area (Å²) in [5.41, 5.74) is 3.81. The largest absolute Gasteiger partial charge is 0.340 e. The zero-order valence-electron chi connectivity index (χ0n) is 21.4. The van der Waals surface area contributed by atoms with Gasteiger partial charge in [-0.2, -0.15) is 5.10 Å². The highest BCUT2D eigenvalue weighted by atomic mass is 32.2. The average Bonchev–Trinajstić information content (AvgIpc) is 3.46. The lowest BCUT2D eigenvalue weighted by molar-refractivity contribution is -0.133. The second kappa shape index (κ2) is 11.1. The van der Waals surface area contributed by atoms with E-state index in [4.69, 9.17) is 0 Å². The third kappa shape index (κ3) is 6.31. The Labute approximate surface area is 223 Å². The lowest BCUT2D eigenvalue weighted by Crippen LogP contribution is -2.53. The number of nitrogens with one attached hydrogen (secondary N) is 2. The van der Waals surface area contributed by atoms with Crippen LogP contribution in [0.25, 0.3) is 5.69 Å². The van der Waals surface area contributed by atoms with Crippen molar-refractivity contribution in [3.05, 3.63) is 83.7 Å². The van der Waals surface area contributed by atoms with Crippen molar-refractivity contribution in [1.29, 1.82) is 0 Å². The van der Waals surface area contributed by atoms with E-state index in [0.29, 0.717) is 30.5 Å². The van der Waals surface area contributed by atoms with E-state index >= 15 is 0 Å². The van der Waals surface area contributed by atoms with Crippen molar-refractivity contribution in [3.63, 3.8) is 0 Å². The van der Waals surface area contributed by atoms with Gasteiger partial charge in [-0.1, -0.05) is 29.8 Å². The molecule has 9 nitrogen and oxygen atoms in total. The third-order valence-corrected chi connectivity index (χ3v) is 8.90. The first-order chi connectivity index (χ1) is 18.3. The van der Waals surface area contributed by atoms with Gasteiger partial charge in [0.05, 0.1) is 17.2 Å². The molecule has 0 unspecified atom stereocenters. The Bertz CT molecular complexity index is 1360. The fourth-order valence-corrected chi connectivity index (χ4v) is 6.06. The van der Waals surface area contributed by atoms with Gasteiger partial charge in [-0.05, 0) is 62.2 Å². The van der Waals surface area contributed by atoms with Gasteiger partial charge in [0.15, 0.2) is 9.84 Å². The molecule has 2 amide bonds. The Kier molecular flexibility index (Phi) is 7.62. The van der Waals surface area contributed by atoms with Crippen molar-refractivity contribution in [1.82, 2.24) is 25.3 Å². The second-order valence-corrected chi connectivity index (χ2v) is 12.4. The van der Waals surface area contributed by atoms with Gasteiger partial charge in [0.25, 0.3) is 5.91 Å². The normalized spacial score (nSPS) is 21.0. The van der Waals surface area contributed by atoms with Crippen LogP contribution in [0.5, 0.6) is 0 Å². The standard InChI is InChI=1S/C28H33N5O4S/c1-20-3-5-21(6-4-20)24-19-26(24)29-13-11-25(28(35)32-15-17-38(36,37)18-16-32)31-27(34)22-7-9-23(10-8-22)33-14-2-12-30-33/h2-10,12,14,24-26,29H,11,13,15-19H2,1H3,(H,31,34)/t24-,25-,26+/m0/s1. The molecule has 5 rings (SSSR count). The maximum atomic E-state index is 13.4. The number of rotatable bonds is 9. The summed E-state index contributed by atoms with van der Waals surface area (Å²) >= 11 is 0. The van der Waals surface area contributed by atoms with Crippen LogP contribution in [0.3, 0.4) is 0 Å². The summed E-state index contributed by atoms with van der Waals surface area (Å²) in [6, 6.07) is 17.0. The third-order valence-electron chi connectivity index (χ3n) is 7.29. The molecule has 1 saturated heterocycles. The predicted molar refractivity (Wildman–Crippen MR) is 145 cm³/mol. The first kappa shape index (κ1) is 26.1. The van der Waals surface area contributed by atoms with E-state index in [1.54, 1.807) is 40.0 Å². The van der Waals surface area contributed by atoms with Crippen LogP contribution in [0, 0.1) is 6.92 Å². The van der Waals surface area contributed by atoms with E-state index in [1.165, 1.54) is 11.1 Å². The molecule has 3 atom stereocenters. The van der Waals surface area contributed by atoms with Crippen LogP contribution in [0.4, 0.5) is 0 Å². The topological polar surface area (TPSA) is 113 Å². The van der Waals surface area contributed by atoms with Crippen LogP contribution in [-0.2, 0) is 14.6 Å². The first-order valence-corrected chi connectivity index (χ1v) is 14.8. The lowest BCUT2D eigenvalue weighted by Gasteiger charge is -2.30. The summed E-state index contributed by atoms with van der Waals surface area (Å²) in [7, 11) is -3.12. The summed E-state index contributed by atoms with van der Waals surface area (Å²) in [5, 5.41) is 10.6. The quantitative estimate of drug-likeness (QED) is 0.434. The molecule has 1 aliphatic carbocycles. The number of hydrogen-bond donors (Lipinski definition) is 2. The molecule has 0 bridgehead atoms. The summed E-state index contributed by atoms with van der Waals surface area (Å²) in [5.74, 6) is -0.224. The predicted octanol–water partition coefficient (Wildman–Crippen LogP) is 2.07. The Hall–Kier alpha value is -3.50. The average molecular weight is 536 g/mol. The zero-order chi connectivity index (χ0) is 26.7. The zero-order valence-corrected chi connectivity index (χ0v) is 22.2. The Morgan fingerprint density at radius 1 is 1.05 bits per heavy atom. The highest BCUT2D eigenvalue weighted by Gasteiger charge is 2.38. The minimum absolute atomic E-state index is 0.0488. The first-order valence-electron chi connectivity index (χ1n) is 13.0. The molecule has 10 heteroatoms. The van der Waals surface area contributed by atoms with Gasteiger partial charge in [-0.3, -0.25) is 9.59 Å². The number of sulfone groups is 1. The molecule has 38 heavy (non-hydrogen) atoms. The number of aromatic nitrogens is 2. The highest BCUT2D eigenvalue weighted by Crippen LogP contribution is 2.40. The minimum Gasteiger partial charge on any atom is -0.340 e. The van der Waals surface area contributed by atoms with Gasteiger partial charge in [-0.25, -0.2) is 13.1 Å². The van der Waals surface area contributed by atoms with Crippen molar-refractivity contribution in [3.8, 4) is 5.69 Å². The van der Waals surface area contributed by atoms with Crippen molar-refractivity contribution >= 4 is 21.7 Å². The summed E-state index contributed by atoms with van der Waals surface area (Å²) < 4.78 is 25.4. The molecule has 2 aliphatic rings. The molecular formula is C28H33N5O4S. The fraction of sp³-hybridized carbons (Fsp3) is 0.393. The molecule has 2 N–H and O–H groups in total. The SMILES string of the molecule is Cc1ccc([C@@H]2C[C@H]2NCC[C@H](NC(=O)c2ccc(-n3cccn3)cc2)C(=O)N2CCS(=O)(=O)CC2)cc1. The van der Waals surface area contributed by atoms with Crippen LogP contribution in [0.2, 0.25) is 0 Å². The monoisotopic (exact) mass is 535 g/mol. The van der Waals surface area contributed by atoms with E-state index in [9.17, 15) is 18.0 Å². The van der Waals surface area contributed by atoms with Crippen LogP contribution < -0.4 is 10.6 Å². The molecule has 1 saturated carbocycles. The van der Waals surface area contributed by atoms with Crippen molar-refractivity contribution in [2.75, 3.05) is 31.1 Å². The molecule has 1 aromatic heterocycles. The molecule has 3 aromatic rings. The van der Waals surface area contributed by atoms with E-state index in [-0.39, 0.29) is 36.4 Å². The summed E-state index contributed by atoms with van der Waals surface area (Å²) in [4.78, 5) is 28.0. The van der Waals surface area contributed by atoms with Crippen molar-refractivity contribution in [2.45, 2.75) is 37.8 Å². The molecule has 1 aliphatic heterocycles. The maximum absolute atomic E-state index is 13.4. The number of carbonyl (C=O) groups is 2. The van der Waals surface area contributed by atoms with Gasteiger partial charge in [0.1, 0.15) is 6.04 Å². The number of amides is 2. The van der Waals surface area contributed by atoms with Crippen molar-refractivity contribution < 1.29 is 18.0 Å². The molecule has 2 heterocycles. The van der Waals surface area contributed by atoms with Gasteiger partial charge in [-0.15, -0.1) is 0 Å². The number of hydrogen-bond acceptors (Lipinski definition) is 6. The molecule has 200 valence electrons. The van der Waals surface area contributed by atoms with Gasteiger partial charge >= 0.3 is 0 Å². The highest BCUT2D eigenvalue weighted by molar-refractivity contribution is 7.91. The van der Waals surface area contributed by atoms with Crippen LogP contribution in [0.1, 0.15) is 40.2 Å². The van der Waals surface area contributed by atoms with Crippen LogP contribution in [0.15, 0.2) is 67.0 Å². The fourth-order valence-electron chi connectivity index (χ4n) is 4.85. The molecular weight excluding hydrogens is 502 g/mol. The summed E-state index contributed by atoms with van der Waals surface area (Å²) in [6.45, 7) is 2.94. The van der Waals surface area contributed by atoms with Gasteiger partial charge in [0.2, 0.25) is 5.91 Å². The number of nitrogens with zero attached hydrogens (tertiary/aromatic N) is 3. The summed E-state index contributed by atoms with van der Waals surface area (Å²) in [6.07, 6.45) is 4.96.